The van der Waals surface area contributed by atoms with Crippen molar-refractivity contribution in [2.75, 3.05) is 0 Å². The van der Waals surface area contributed by atoms with E-state index in [1.165, 1.54) is 6.92 Å². The molecular formula is C30H31N7O3. The van der Waals surface area contributed by atoms with Crippen LogP contribution in [0.5, 0.6) is 0 Å². The van der Waals surface area contributed by atoms with Crippen molar-refractivity contribution in [2.24, 2.45) is 5.41 Å². The molecule has 1 aromatic carbocycles. The van der Waals surface area contributed by atoms with E-state index in [0.29, 0.717) is 29.9 Å². The molecule has 6 rings (SSSR count). The van der Waals surface area contributed by atoms with Gasteiger partial charge in [-0.2, -0.15) is 5.10 Å². The number of aryl methyl sites for hydroxylation is 2. The van der Waals surface area contributed by atoms with Gasteiger partial charge in [0.05, 0.1) is 5.52 Å². The number of Topliss-reactive ketones (excluding diaryl/α,β-unsaturated/α-hetero) is 1. The van der Waals surface area contributed by atoms with E-state index in [-0.39, 0.29) is 35.6 Å². The molecule has 4 heterocycles. The lowest BCUT2D eigenvalue weighted by atomic mass is 10.0. The predicted octanol–water partition coefficient (Wildman–Crippen LogP) is 3.40. The Balaban J connectivity index is 1.29. The fourth-order valence-electron chi connectivity index (χ4n) is 5.99. The van der Waals surface area contributed by atoms with Crippen molar-refractivity contribution in [3.63, 3.8) is 0 Å². The lowest BCUT2D eigenvalue weighted by Gasteiger charge is -2.27. The Morgan fingerprint density at radius 2 is 1.85 bits per heavy atom. The van der Waals surface area contributed by atoms with E-state index >= 15 is 0 Å². The molecule has 10 heteroatoms. The van der Waals surface area contributed by atoms with Gasteiger partial charge in [0.25, 0.3) is 0 Å². The SMILES string of the molecule is CC(=O)c1nn(CC(=O)N2[C@H](C(=O)NCc3cccnc3)C[C@@]3(C)C[C@@H]23)c2c(C)cc(-c3cnc(C)nc3)cc12. The van der Waals surface area contributed by atoms with Crippen molar-refractivity contribution in [1.29, 1.82) is 0 Å². The molecule has 2 amide bonds. The smallest absolute Gasteiger partial charge is 0.245 e. The van der Waals surface area contributed by atoms with Crippen molar-refractivity contribution < 1.29 is 14.4 Å². The van der Waals surface area contributed by atoms with Crippen molar-refractivity contribution in [2.45, 2.75) is 65.7 Å². The van der Waals surface area contributed by atoms with Gasteiger partial charge in [-0.1, -0.05) is 13.0 Å². The molecule has 0 radical (unpaired) electrons. The van der Waals surface area contributed by atoms with E-state index in [1.807, 2.05) is 38.1 Å². The van der Waals surface area contributed by atoms with Crippen LogP contribution in [0.2, 0.25) is 0 Å². The summed E-state index contributed by atoms with van der Waals surface area (Å²) < 4.78 is 1.61. The van der Waals surface area contributed by atoms with Crippen LogP contribution < -0.4 is 5.32 Å². The van der Waals surface area contributed by atoms with Gasteiger partial charge >= 0.3 is 0 Å². The molecule has 1 saturated carbocycles. The molecule has 204 valence electrons. The molecular weight excluding hydrogens is 506 g/mol. The average molecular weight is 538 g/mol. The summed E-state index contributed by atoms with van der Waals surface area (Å²) in [6.45, 7) is 7.67. The molecule has 1 aliphatic carbocycles. The molecule has 1 aliphatic heterocycles. The highest BCUT2D eigenvalue weighted by Gasteiger charge is 2.64. The van der Waals surface area contributed by atoms with E-state index in [0.717, 1.165) is 34.2 Å². The zero-order valence-electron chi connectivity index (χ0n) is 23.0. The van der Waals surface area contributed by atoms with Crippen LogP contribution >= 0.6 is 0 Å². The van der Waals surface area contributed by atoms with Crippen LogP contribution in [0.25, 0.3) is 22.0 Å². The average Bonchev–Trinajstić information content (AvgIpc) is 3.29. The molecule has 0 spiro atoms. The number of rotatable bonds is 7. The summed E-state index contributed by atoms with van der Waals surface area (Å²) in [5.41, 5.74) is 4.47. The maximum Gasteiger partial charge on any atom is 0.245 e. The number of nitrogens with one attached hydrogen (secondary N) is 1. The maximum absolute atomic E-state index is 13.8. The number of piperidine rings is 1. The molecule has 10 nitrogen and oxygen atoms in total. The molecule has 40 heavy (non-hydrogen) atoms. The number of pyridine rings is 1. The summed E-state index contributed by atoms with van der Waals surface area (Å²) in [5.74, 6) is 0.149. The van der Waals surface area contributed by atoms with Crippen LogP contribution in [0.4, 0.5) is 0 Å². The number of benzene rings is 1. The number of hydrogen-bond donors (Lipinski definition) is 1. The summed E-state index contributed by atoms with van der Waals surface area (Å²) in [7, 11) is 0. The lowest BCUT2D eigenvalue weighted by molar-refractivity contribution is -0.140. The van der Waals surface area contributed by atoms with Gasteiger partial charge < -0.3 is 10.2 Å². The van der Waals surface area contributed by atoms with Gasteiger partial charge in [0.1, 0.15) is 24.1 Å². The van der Waals surface area contributed by atoms with Crippen LogP contribution in [0, 0.1) is 19.3 Å². The lowest BCUT2D eigenvalue weighted by Crippen LogP contribution is -2.48. The minimum atomic E-state index is -0.545. The fraction of sp³-hybridized carbons (Fsp3) is 0.367. The third-order valence-electron chi connectivity index (χ3n) is 8.18. The summed E-state index contributed by atoms with van der Waals surface area (Å²) in [5, 5.41) is 8.25. The molecule has 2 aliphatic rings. The zero-order valence-corrected chi connectivity index (χ0v) is 23.0. The molecule has 3 aromatic heterocycles. The second-order valence-electron chi connectivity index (χ2n) is 11.2. The van der Waals surface area contributed by atoms with Crippen molar-refractivity contribution in [1.82, 2.24) is 34.9 Å². The third-order valence-corrected chi connectivity index (χ3v) is 8.18. The number of ketones is 1. The first kappa shape index (κ1) is 25.8. The largest absolute Gasteiger partial charge is 0.350 e. The van der Waals surface area contributed by atoms with Gasteiger partial charge in [-0.3, -0.25) is 24.0 Å². The van der Waals surface area contributed by atoms with E-state index in [2.05, 4.69) is 32.3 Å². The topological polar surface area (TPSA) is 123 Å². The third kappa shape index (κ3) is 4.53. The van der Waals surface area contributed by atoms with Gasteiger partial charge in [-0.05, 0) is 67.0 Å². The number of amides is 2. The van der Waals surface area contributed by atoms with E-state index in [1.54, 1.807) is 34.4 Å². The Labute approximate surface area is 231 Å². The number of carbonyl (C=O) groups excluding carboxylic acids is 3. The summed E-state index contributed by atoms with van der Waals surface area (Å²) in [6, 6.07) is 7.11. The molecule has 2 fully saturated rings. The van der Waals surface area contributed by atoms with Crippen molar-refractivity contribution in [3.05, 3.63) is 71.7 Å². The number of nitrogens with zero attached hydrogens (tertiary/aromatic N) is 6. The minimum Gasteiger partial charge on any atom is -0.350 e. The maximum atomic E-state index is 13.8. The Morgan fingerprint density at radius 3 is 2.55 bits per heavy atom. The zero-order chi connectivity index (χ0) is 28.2. The van der Waals surface area contributed by atoms with Gasteiger partial charge in [-0.25, -0.2) is 9.97 Å². The first-order valence-electron chi connectivity index (χ1n) is 13.4. The molecule has 0 unspecified atom stereocenters. The highest BCUT2D eigenvalue weighted by molar-refractivity contribution is 6.07. The quantitative estimate of drug-likeness (QED) is 0.359. The van der Waals surface area contributed by atoms with Crippen molar-refractivity contribution >= 4 is 28.5 Å². The second kappa shape index (κ2) is 9.62. The van der Waals surface area contributed by atoms with Gasteiger partial charge in [0, 0.05) is 55.2 Å². The van der Waals surface area contributed by atoms with Gasteiger partial charge in [-0.15, -0.1) is 0 Å². The Bertz CT molecular complexity index is 1650. The first-order valence-corrected chi connectivity index (χ1v) is 13.4. The van der Waals surface area contributed by atoms with E-state index in [4.69, 9.17) is 0 Å². The number of likely N-dealkylation sites (tertiary alicyclic amines) is 1. The minimum absolute atomic E-state index is 0.0254. The van der Waals surface area contributed by atoms with E-state index < -0.39 is 6.04 Å². The van der Waals surface area contributed by atoms with Crippen LogP contribution in [-0.4, -0.2) is 59.3 Å². The molecule has 1 saturated heterocycles. The molecule has 0 bridgehead atoms. The summed E-state index contributed by atoms with van der Waals surface area (Å²) in [4.78, 5) is 54.1. The van der Waals surface area contributed by atoms with Gasteiger partial charge in [0.15, 0.2) is 5.78 Å². The Hall–Kier alpha value is -4.47. The Kier molecular flexibility index (Phi) is 6.20. The van der Waals surface area contributed by atoms with Gasteiger partial charge in [0.2, 0.25) is 11.8 Å². The summed E-state index contributed by atoms with van der Waals surface area (Å²) >= 11 is 0. The highest BCUT2D eigenvalue weighted by atomic mass is 16.2. The Morgan fingerprint density at radius 1 is 1.07 bits per heavy atom. The molecule has 4 aromatic rings. The summed E-state index contributed by atoms with van der Waals surface area (Å²) in [6.07, 6.45) is 8.42. The number of hydrogen-bond acceptors (Lipinski definition) is 7. The monoisotopic (exact) mass is 537 g/mol. The van der Waals surface area contributed by atoms with E-state index in [9.17, 15) is 14.4 Å². The number of fused-ring (bicyclic) bond motifs is 2. The second-order valence-corrected chi connectivity index (χ2v) is 11.2. The normalized spacial score (nSPS) is 21.4. The standard InChI is InChI=1S/C30H31N7O3/c1-17-8-21(22-14-32-19(3)33-15-22)9-23-27(18(2)38)35-36(28(17)23)16-26(39)37-24(10-30(4)11-25(30)37)29(40)34-13-20-6-5-7-31-12-20/h5-9,12,14-15,24-25H,10-11,13,16H2,1-4H3,(H,34,40)/t24-,25+,30-/m0/s1. The van der Waals surface area contributed by atoms with Crippen LogP contribution in [0.15, 0.2) is 49.1 Å². The predicted molar refractivity (Wildman–Crippen MR) is 148 cm³/mol. The van der Waals surface area contributed by atoms with Crippen molar-refractivity contribution in [3.8, 4) is 11.1 Å². The van der Waals surface area contributed by atoms with Crippen LogP contribution in [0.3, 0.4) is 0 Å². The first-order chi connectivity index (χ1) is 19.1. The van der Waals surface area contributed by atoms with Crippen LogP contribution in [0.1, 0.15) is 54.1 Å². The highest BCUT2D eigenvalue weighted by Crippen LogP contribution is 2.59. The fourth-order valence-corrected chi connectivity index (χ4v) is 5.99. The molecule has 1 N–H and O–H groups in total. The molecule has 3 atom stereocenters. The van der Waals surface area contributed by atoms with Crippen LogP contribution in [-0.2, 0) is 22.7 Å². The number of aromatic nitrogens is 5. The number of carbonyl (C=O) groups is 3.